The Bertz CT molecular complexity index is 740. The van der Waals surface area contributed by atoms with Crippen molar-refractivity contribution in [2.24, 2.45) is 0 Å². The first-order chi connectivity index (χ1) is 10.4. The molecule has 1 unspecified atom stereocenters. The molecule has 2 aromatic rings. The van der Waals surface area contributed by atoms with Crippen molar-refractivity contribution in [2.75, 3.05) is 0 Å². The van der Waals surface area contributed by atoms with Crippen LogP contribution in [0.25, 0.3) is 10.8 Å². The van der Waals surface area contributed by atoms with E-state index in [0.29, 0.717) is 5.92 Å². The normalized spacial score (nSPS) is 21.6. The van der Waals surface area contributed by atoms with Crippen molar-refractivity contribution < 1.29 is 0 Å². The zero-order valence-corrected chi connectivity index (χ0v) is 12.7. The fourth-order valence-corrected chi connectivity index (χ4v) is 4.11. The Kier molecular flexibility index (Phi) is 3.18. The highest BCUT2D eigenvalue weighted by atomic mass is 14.3. The minimum absolute atomic E-state index is 0.615. The van der Waals surface area contributed by atoms with Gasteiger partial charge < -0.3 is 0 Å². The first-order valence-electron chi connectivity index (χ1n) is 8.26. The minimum Gasteiger partial charge on any atom is -0.0661 e. The highest BCUT2D eigenvalue weighted by Crippen LogP contribution is 2.46. The van der Waals surface area contributed by atoms with Gasteiger partial charge >= 0.3 is 0 Å². The molecule has 0 nitrogen and oxygen atoms in total. The third-order valence-corrected chi connectivity index (χ3v) is 5.21. The highest BCUT2D eigenvalue weighted by molar-refractivity contribution is 5.86. The van der Waals surface area contributed by atoms with Gasteiger partial charge in [-0.1, -0.05) is 66.6 Å². The summed E-state index contributed by atoms with van der Waals surface area (Å²) in [4.78, 5) is 0. The lowest BCUT2D eigenvalue weighted by molar-refractivity contribution is 0.614. The SMILES string of the molecule is CCC1=CC2=C(CCCC2c2cccc3ccccc23)C1. The van der Waals surface area contributed by atoms with Crippen molar-refractivity contribution in [1.29, 1.82) is 0 Å². The summed E-state index contributed by atoms with van der Waals surface area (Å²) in [5.74, 6) is 0.615. The van der Waals surface area contributed by atoms with Gasteiger partial charge in [0, 0.05) is 5.92 Å². The summed E-state index contributed by atoms with van der Waals surface area (Å²) in [6, 6.07) is 15.7. The van der Waals surface area contributed by atoms with E-state index in [4.69, 9.17) is 0 Å². The molecule has 0 radical (unpaired) electrons. The molecule has 21 heavy (non-hydrogen) atoms. The zero-order chi connectivity index (χ0) is 14.2. The Balaban J connectivity index is 1.85. The van der Waals surface area contributed by atoms with E-state index in [9.17, 15) is 0 Å². The first kappa shape index (κ1) is 12.9. The predicted molar refractivity (Wildman–Crippen MR) is 90.6 cm³/mol. The summed E-state index contributed by atoms with van der Waals surface area (Å²) in [7, 11) is 0. The van der Waals surface area contributed by atoms with Crippen LogP contribution in [0.15, 0.2) is 65.3 Å². The van der Waals surface area contributed by atoms with Gasteiger partial charge in [0.15, 0.2) is 0 Å². The summed E-state index contributed by atoms with van der Waals surface area (Å²) >= 11 is 0. The third kappa shape index (κ3) is 2.14. The second kappa shape index (κ2) is 5.18. The van der Waals surface area contributed by atoms with Crippen LogP contribution in [-0.4, -0.2) is 0 Å². The molecular weight excluding hydrogens is 252 g/mol. The maximum atomic E-state index is 2.51. The number of fused-ring (bicyclic) bond motifs is 1. The van der Waals surface area contributed by atoms with Crippen LogP contribution in [0, 0.1) is 0 Å². The van der Waals surface area contributed by atoms with Crippen molar-refractivity contribution in [3.63, 3.8) is 0 Å². The number of rotatable bonds is 2. The second-order valence-electron chi connectivity index (χ2n) is 6.41. The monoisotopic (exact) mass is 274 g/mol. The smallest absolute Gasteiger partial charge is 0.00952 e. The van der Waals surface area contributed by atoms with Crippen LogP contribution in [0.5, 0.6) is 0 Å². The molecule has 0 spiro atoms. The molecule has 0 N–H and O–H groups in total. The van der Waals surface area contributed by atoms with Crippen molar-refractivity contribution >= 4 is 10.8 Å². The van der Waals surface area contributed by atoms with Gasteiger partial charge in [-0.05, 0) is 54.0 Å². The van der Waals surface area contributed by atoms with E-state index in [0.717, 1.165) is 0 Å². The summed E-state index contributed by atoms with van der Waals surface area (Å²) in [6.45, 7) is 2.29. The van der Waals surface area contributed by atoms with E-state index in [2.05, 4.69) is 55.5 Å². The standard InChI is InChI=1S/C21H22/c1-2-15-13-17-9-6-12-20(21(17)14-15)19-11-5-8-16-7-3-4-10-18(16)19/h3-5,7-8,10-11,14,20H,2,6,9,12-13H2,1H3. The summed E-state index contributed by atoms with van der Waals surface area (Å²) < 4.78 is 0. The molecular formula is C21H22. The van der Waals surface area contributed by atoms with E-state index in [-0.39, 0.29) is 0 Å². The molecule has 0 amide bonds. The number of hydrogen-bond donors (Lipinski definition) is 0. The maximum absolute atomic E-state index is 2.51. The van der Waals surface area contributed by atoms with E-state index in [1.54, 1.807) is 16.7 Å². The predicted octanol–water partition coefficient (Wildman–Crippen LogP) is 6.14. The second-order valence-corrected chi connectivity index (χ2v) is 6.41. The Morgan fingerprint density at radius 2 is 1.90 bits per heavy atom. The maximum Gasteiger partial charge on any atom is 0.00952 e. The number of benzene rings is 2. The molecule has 0 aromatic heterocycles. The largest absolute Gasteiger partial charge is 0.0661 e. The lowest BCUT2D eigenvalue weighted by Gasteiger charge is -2.26. The van der Waals surface area contributed by atoms with Crippen molar-refractivity contribution in [2.45, 2.75) is 44.9 Å². The summed E-state index contributed by atoms with van der Waals surface area (Å²) in [5.41, 5.74) is 6.53. The lowest BCUT2D eigenvalue weighted by Crippen LogP contribution is -2.08. The highest BCUT2D eigenvalue weighted by Gasteiger charge is 2.27. The first-order valence-corrected chi connectivity index (χ1v) is 8.26. The lowest BCUT2D eigenvalue weighted by atomic mass is 9.78. The number of allylic oxidation sites excluding steroid dienone is 4. The Morgan fingerprint density at radius 1 is 1.05 bits per heavy atom. The molecule has 0 saturated carbocycles. The van der Waals surface area contributed by atoms with Crippen LogP contribution in [0.2, 0.25) is 0 Å². The molecule has 106 valence electrons. The van der Waals surface area contributed by atoms with Gasteiger partial charge in [0.2, 0.25) is 0 Å². The van der Waals surface area contributed by atoms with Gasteiger partial charge in [-0.25, -0.2) is 0 Å². The summed E-state index contributed by atoms with van der Waals surface area (Å²) in [5, 5.41) is 2.82. The topological polar surface area (TPSA) is 0 Å². The van der Waals surface area contributed by atoms with Gasteiger partial charge in [0.05, 0.1) is 0 Å². The molecule has 1 atom stereocenters. The molecule has 2 aliphatic carbocycles. The quantitative estimate of drug-likeness (QED) is 0.616. The average molecular weight is 274 g/mol. The van der Waals surface area contributed by atoms with Crippen molar-refractivity contribution in [3.8, 4) is 0 Å². The molecule has 0 bridgehead atoms. The van der Waals surface area contributed by atoms with Crippen molar-refractivity contribution in [1.82, 2.24) is 0 Å². The molecule has 0 heteroatoms. The fraction of sp³-hybridized carbons (Fsp3) is 0.333. The minimum atomic E-state index is 0.615. The van der Waals surface area contributed by atoms with Crippen LogP contribution in [-0.2, 0) is 0 Å². The molecule has 0 heterocycles. The van der Waals surface area contributed by atoms with Crippen LogP contribution >= 0.6 is 0 Å². The average Bonchev–Trinajstić information content (AvgIpc) is 2.97. The Labute approximate surface area is 127 Å². The molecule has 4 rings (SSSR count). The summed E-state index contributed by atoms with van der Waals surface area (Å²) in [6.07, 6.45) is 8.93. The van der Waals surface area contributed by atoms with Crippen LogP contribution in [0.4, 0.5) is 0 Å². The molecule has 0 aliphatic heterocycles. The van der Waals surface area contributed by atoms with Gasteiger partial charge in [-0.3, -0.25) is 0 Å². The molecule has 2 aromatic carbocycles. The Morgan fingerprint density at radius 3 is 2.81 bits per heavy atom. The van der Waals surface area contributed by atoms with Crippen LogP contribution in [0.1, 0.15) is 50.5 Å². The number of hydrogen-bond acceptors (Lipinski definition) is 0. The van der Waals surface area contributed by atoms with Gasteiger partial charge in [-0.15, -0.1) is 0 Å². The van der Waals surface area contributed by atoms with Crippen LogP contribution in [0.3, 0.4) is 0 Å². The van der Waals surface area contributed by atoms with E-state index < -0.39 is 0 Å². The van der Waals surface area contributed by atoms with Gasteiger partial charge in [0.25, 0.3) is 0 Å². The van der Waals surface area contributed by atoms with Gasteiger partial charge in [-0.2, -0.15) is 0 Å². The van der Waals surface area contributed by atoms with E-state index >= 15 is 0 Å². The van der Waals surface area contributed by atoms with Crippen LogP contribution < -0.4 is 0 Å². The molecule has 0 fully saturated rings. The third-order valence-electron chi connectivity index (χ3n) is 5.21. The van der Waals surface area contributed by atoms with Gasteiger partial charge in [0.1, 0.15) is 0 Å². The molecule has 2 aliphatic rings. The van der Waals surface area contributed by atoms with E-state index in [1.165, 1.54) is 48.4 Å². The molecule has 0 saturated heterocycles. The van der Waals surface area contributed by atoms with E-state index in [1.807, 2.05) is 0 Å². The van der Waals surface area contributed by atoms with Crippen molar-refractivity contribution in [3.05, 3.63) is 70.8 Å². The zero-order valence-electron chi connectivity index (χ0n) is 12.7. The Hall–Kier alpha value is -1.82. The fourth-order valence-electron chi connectivity index (χ4n) is 4.11.